The first kappa shape index (κ1) is 31.7. The summed E-state index contributed by atoms with van der Waals surface area (Å²) in [6.07, 6.45) is -16.8. The van der Waals surface area contributed by atoms with Gasteiger partial charge in [-0.15, -0.1) is 0 Å². The van der Waals surface area contributed by atoms with Gasteiger partial charge in [0.05, 0.1) is 24.8 Å². The molecule has 2 fully saturated rings. The number of benzene rings is 2. The van der Waals surface area contributed by atoms with Gasteiger partial charge in [0.2, 0.25) is 18.3 Å². The fourth-order valence-electron chi connectivity index (χ4n) is 4.87. The molecule has 17 heteroatoms. The molecule has 44 heavy (non-hydrogen) atoms. The third kappa shape index (κ3) is 5.73. The van der Waals surface area contributed by atoms with Gasteiger partial charge in [-0.3, -0.25) is 0 Å². The minimum atomic E-state index is -1.87. The average Bonchev–Trinajstić information content (AvgIpc) is 2.99. The van der Waals surface area contributed by atoms with E-state index >= 15 is 0 Å². The molecule has 0 spiro atoms. The van der Waals surface area contributed by atoms with Gasteiger partial charge in [-0.2, -0.15) is 0 Å². The molecule has 1 aromatic heterocycles. The van der Waals surface area contributed by atoms with E-state index < -0.39 is 97.6 Å². The molecule has 12 N–H and O–H groups in total. The Hall–Kier alpha value is -3.75. The van der Waals surface area contributed by atoms with Crippen molar-refractivity contribution in [2.24, 2.45) is 0 Å². The molecule has 0 amide bonds. The average molecular weight is 628 g/mol. The van der Waals surface area contributed by atoms with Crippen molar-refractivity contribution in [3.8, 4) is 45.8 Å². The predicted molar refractivity (Wildman–Crippen MR) is 142 cm³/mol. The van der Waals surface area contributed by atoms with Crippen LogP contribution in [0.1, 0.15) is 0 Å². The van der Waals surface area contributed by atoms with Crippen molar-refractivity contribution in [3.05, 3.63) is 30.3 Å². The fourth-order valence-corrected chi connectivity index (χ4v) is 4.87. The SMILES string of the molecule is OC[C@H]1O[C@@H](Oc2cc3c(O[C@@H]4O[C@H](CO)[C@H](O)[C@H](O)[C@H]4O)cc(O)cc3[o+]c2-c2cc(O)c(O)c(O)c2)[C@H](O)[C@@H](O)[C@H]1O. The molecule has 5 rings (SSSR count). The molecule has 2 aliphatic rings. The molecular formula is C27H31O17+. The van der Waals surface area contributed by atoms with Crippen LogP contribution in [0.3, 0.4) is 0 Å². The number of aromatic hydroxyl groups is 4. The summed E-state index contributed by atoms with van der Waals surface area (Å²) < 4.78 is 28.2. The summed E-state index contributed by atoms with van der Waals surface area (Å²) in [6, 6.07) is 5.35. The Morgan fingerprint density at radius 2 is 1.11 bits per heavy atom. The van der Waals surface area contributed by atoms with Crippen LogP contribution < -0.4 is 9.47 Å². The maximum atomic E-state index is 10.6. The molecule has 17 nitrogen and oxygen atoms in total. The van der Waals surface area contributed by atoms with Crippen molar-refractivity contribution in [2.75, 3.05) is 13.2 Å². The minimum absolute atomic E-state index is 0.0182. The highest BCUT2D eigenvalue weighted by atomic mass is 16.7. The van der Waals surface area contributed by atoms with E-state index in [4.69, 9.17) is 23.4 Å². The van der Waals surface area contributed by atoms with Crippen LogP contribution in [0, 0.1) is 0 Å². The molecule has 2 aliphatic heterocycles. The number of fused-ring (bicyclic) bond motifs is 1. The van der Waals surface area contributed by atoms with Gasteiger partial charge in [0, 0.05) is 24.3 Å². The number of phenols is 4. The Morgan fingerprint density at radius 1 is 0.614 bits per heavy atom. The maximum absolute atomic E-state index is 10.6. The first-order valence-corrected chi connectivity index (χ1v) is 13.2. The van der Waals surface area contributed by atoms with Crippen molar-refractivity contribution in [1.29, 1.82) is 0 Å². The molecule has 0 bridgehead atoms. The van der Waals surface area contributed by atoms with E-state index in [1.165, 1.54) is 6.07 Å². The number of aliphatic hydroxyl groups is 8. The number of ether oxygens (including phenoxy) is 4. The quantitative estimate of drug-likeness (QED) is 0.0956. The van der Waals surface area contributed by atoms with Crippen LogP contribution in [0.25, 0.3) is 22.3 Å². The van der Waals surface area contributed by atoms with E-state index in [0.717, 1.165) is 24.3 Å². The van der Waals surface area contributed by atoms with E-state index in [0.29, 0.717) is 0 Å². The summed E-state index contributed by atoms with van der Waals surface area (Å²) in [4.78, 5) is 0. The molecule has 2 aromatic carbocycles. The summed E-state index contributed by atoms with van der Waals surface area (Å²) in [5, 5.41) is 121. The van der Waals surface area contributed by atoms with Crippen LogP contribution in [0.2, 0.25) is 0 Å². The van der Waals surface area contributed by atoms with Gasteiger partial charge in [0.1, 0.15) is 65.7 Å². The standard InChI is InChI=1S/C27H30O17/c28-6-16-19(34)21(36)23(38)26(43-16)41-14-4-9(30)3-13-10(14)5-15(25(40-13)8-1-11(31)18(33)12(32)2-8)42-27-24(39)22(37)20(35)17(7-29)44-27/h1-5,16-17,19-24,26-29,34-39H,6-7H2,(H3-,30,31,32,33)/p+1/t16-,17-,19+,20+,21+,22+,23-,24-,26-,27-/m1/s1. The second kappa shape index (κ2) is 12.3. The maximum Gasteiger partial charge on any atom is 0.402 e. The normalized spacial score (nSPS) is 32.5. The minimum Gasteiger partial charge on any atom is -0.507 e. The van der Waals surface area contributed by atoms with Gasteiger partial charge in [-0.25, -0.2) is 4.42 Å². The predicted octanol–water partition coefficient (Wildman–Crippen LogP) is -2.44. The van der Waals surface area contributed by atoms with Crippen LogP contribution in [0.4, 0.5) is 0 Å². The van der Waals surface area contributed by atoms with Crippen molar-refractivity contribution < 1.29 is 84.6 Å². The highest BCUT2D eigenvalue weighted by Crippen LogP contribution is 2.45. The lowest BCUT2D eigenvalue weighted by atomic mass is 9.99. The third-order valence-electron chi connectivity index (χ3n) is 7.32. The van der Waals surface area contributed by atoms with Crippen LogP contribution in [-0.2, 0) is 9.47 Å². The number of hydrogen-bond donors (Lipinski definition) is 12. The Labute approximate surface area is 246 Å². The Morgan fingerprint density at radius 3 is 1.61 bits per heavy atom. The van der Waals surface area contributed by atoms with Crippen LogP contribution >= 0.6 is 0 Å². The lowest BCUT2D eigenvalue weighted by molar-refractivity contribution is -0.277. The molecular weight excluding hydrogens is 596 g/mol. The topological polar surface area (TPSA) is 291 Å². The Bertz CT molecular complexity index is 1470. The van der Waals surface area contributed by atoms with Crippen molar-refractivity contribution in [1.82, 2.24) is 0 Å². The molecule has 0 aliphatic carbocycles. The van der Waals surface area contributed by atoms with Gasteiger partial charge in [0.25, 0.3) is 0 Å². The zero-order chi connectivity index (χ0) is 32.0. The molecule has 0 unspecified atom stereocenters. The molecule has 10 atom stereocenters. The highest BCUT2D eigenvalue weighted by Gasteiger charge is 2.47. The molecule has 0 radical (unpaired) electrons. The largest absolute Gasteiger partial charge is 0.507 e. The van der Waals surface area contributed by atoms with E-state index in [1.54, 1.807) is 0 Å². The van der Waals surface area contributed by atoms with E-state index in [-0.39, 0.29) is 33.8 Å². The second-order valence-electron chi connectivity index (χ2n) is 10.3. The lowest BCUT2D eigenvalue weighted by Gasteiger charge is -2.39. The third-order valence-corrected chi connectivity index (χ3v) is 7.32. The summed E-state index contributed by atoms with van der Waals surface area (Å²) in [7, 11) is 0. The monoisotopic (exact) mass is 627 g/mol. The molecule has 240 valence electrons. The Kier molecular flexibility index (Phi) is 8.87. The summed E-state index contributed by atoms with van der Waals surface area (Å²) in [5.74, 6) is -3.72. The number of hydrogen-bond acceptors (Lipinski definition) is 16. The molecule has 2 saturated heterocycles. The van der Waals surface area contributed by atoms with Gasteiger partial charge in [-0.1, -0.05) is 0 Å². The van der Waals surface area contributed by atoms with Crippen molar-refractivity contribution in [2.45, 2.75) is 61.4 Å². The fraction of sp³-hybridized carbons (Fsp3) is 0.444. The van der Waals surface area contributed by atoms with Crippen LogP contribution in [0.5, 0.6) is 34.5 Å². The zero-order valence-electron chi connectivity index (χ0n) is 22.5. The summed E-state index contributed by atoms with van der Waals surface area (Å²) in [6.45, 7) is -1.51. The first-order valence-electron chi connectivity index (χ1n) is 13.2. The lowest BCUT2D eigenvalue weighted by Crippen LogP contribution is -2.60. The van der Waals surface area contributed by atoms with Crippen LogP contribution in [-0.4, -0.2) is 136 Å². The van der Waals surface area contributed by atoms with E-state index in [1.807, 2.05) is 0 Å². The van der Waals surface area contributed by atoms with E-state index in [2.05, 4.69) is 0 Å². The zero-order valence-corrected chi connectivity index (χ0v) is 22.5. The highest BCUT2D eigenvalue weighted by molar-refractivity contribution is 5.89. The Balaban J connectivity index is 1.63. The van der Waals surface area contributed by atoms with Crippen LogP contribution in [0.15, 0.2) is 34.7 Å². The molecule has 3 aromatic rings. The van der Waals surface area contributed by atoms with E-state index in [9.17, 15) is 61.3 Å². The smallest absolute Gasteiger partial charge is 0.402 e. The number of aliphatic hydroxyl groups excluding tert-OH is 8. The van der Waals surface area contributed by atoms with Crippen molar-refractivity contribution >= 4 is 11.0 Å². The summed E-state index contributed by atoms with van der Waals surface area (Å²) >= 11 is 0. The first-order chi connectivity index (χ1) is 20.8. The number of phenolic OH excluding ortho intramolecular Hbond substituents is 4. The van der Waals surface area contributed by atoms with Gasteiger partial charge in [0.15, 0.2) is 17.2 Å². The molecule has 0 saturated carbocycles. The molecule has 3 heterocycles. The summed E-state index contributed by atoms with van der Waals surface area (Å²) in [5.41, 5.74) is -0.258. The second-order valence-corrected chi connectivity index (χ2v) is 10.3. The van der Waals surface area contributed by atoms with Crippen molar-refractivity contribution in [3.63, 3.8) is 0 Å². The van der Waals surface area contributed by atoms with Gasteiger partial charge >= 0.3 is 11.3 Å². The van der Waals surface area contributed by atoms with Gasteiger partial charge < -0.3 is 80.2 Å². The number of rotatable bonds is 7. The van der Waals surface area contributed by atoms with Gasteiger partial charge in [-0.05, 0) is 0 Å².